The van der Waals surface area contributed by atoms with Crippen molar-refractivity contribution < 1.29 is 4.79 Å². The fourth-order valence-corrected chi connectivity index (χ4v) is 2.41. The first-order valence-corrected chi connectivity index (χ1v) is 7.33. The van der Waals surface area contributed by atoms with E-state index in [4.69, 9.17) is 0 Å². The van der Waals surface area contributed by atoms with Crippen molar-refractivity contribution >= 4 is 17.7 Å². The number of carbonyl (C=O) groups excluding carboxylic acids is 1. The second kappa shape index (κ2) is 5.92. The Morgan fingerprint density at radius 3 is 2.62 bits per heavy atom. The van der Waals surface area contributed by atoms with Crippen LogP contribution >= 0.6 is 11.8 Å². The standard InChI is InChI=1S/C12H24N2OS/c1-9(2)12(5-6-13-8-12)11(15)14-7-10(3)16-4/h9-10,13H,5-8H2,1-4H3,(H,14,15). The summed E-state index contributed by atoms with van der Waals surface area (Å²) in [5.41, 5.74) is -0.182. The Kier molecular flexibility index (Phi) is 5.12. The Balaban J connectivity index is 2.55. The number of nitrogens with one attached hydrogen (secondary N) is 2. The van der Waals surface area contributed by atoms with Crippen LogP contribution in [-0.4, -0.2) is 37.0 Å². The maximum atomic E-state index is 12.3. The Morgan fingerprint density at radius 1 is 1.50 bits per heavy atom. The van der Waals surface area contributed by atoms with Gasteiger partial charge in [-0.1, -0.05) is 20.8 Å². The van der Waals surface area contributed by atoms with Gasteiger partial charge in [-0.05, 0) is 25.1 Å². The molecule has 1 amide bonds. The van der Waals surface area contributed by atoms with E-state index in [-0.39, 0.29) is 11.3 Å². The molecule has 1 heterocycles. The van der Waals surface area contributed by atoms with Crippen molar-refractivity contribution in [3.8, 4) is 0 Å². The van der Waals surface area contributed by atoms with E-state index in [0.29, 0.717) is 11.2 Å². The van der Waals surface area contributed by atoms with Gasteiger partial charge in [-0.3, -0.25) is 4.79 Å². The molecule has 3 nitrogen and oxygen atoms in total. The van der Waals surface area contributed by atoms with Crippen LogP contribution in [0, 0.1) is 11.3 Å². The number of hydrogen-bond donors (Lipinski definition) is 2. The van der Waals surface area contributed by atoms with Gasteiger partial charge in [0.2, 0.25) is 5.91 Å². The van der Waals surface area contributed by atoms with Gasteiger partial charge in [-0.15, -0.1) is 0 Å². The molecule has 2 atom stereocenters. The van der Waals surface area contributed by atoms with E-state index in [0.717, 1.165) is 26.1 Å². The molecule has 0 aliphatic carbocycles. The Bertz CT molecular complexity index is 237. The zero-order valence-corrected chi connectivity index (χ0v) is 11.6. The second-order valence-corrected chi connectivity index (χ2v) is 6.27. The molecule has 0 aromatic carbocycles. The molecule has 4 heteroatoms. The largest absolute Gasteiger partial charge is 0.354 e. The van der Waals surface area contributed by atoms with E-state index in [1.165, 1.54) is 0 Å². The van der Waals surface area contributed by atoms with E-state index in [2.05, 4.69) is 37.7 Å². The first-order valence-electron chi connectivity index (χ1n) is 6.04. The van der Waals surface area contributed by atoms with Gasteiger partial charge in [0.1, 0.15) is 0 Å². The minimum Gasteiger partial charge on any atom is -0.354 e. The van der Waals surface area contributed by atoms with Gasteiger partial charge in [-0.25, -0.2) is 0 Å². The first kappa shape index (κ1) is 13.8. The predicted molar refractivity (Wildman–Crippen MR) is 70.7 cm³/mol. The number of rotatable bonds is 5. The zero-order valence-electron chi connectivity index (χ0n) is 10.8. The molecule has 94 valence electrons. The zero-order chi connectivity index (χ0) is 12.2. The maximum absolute atomic E-state index is 12.3. The highest BCUT2D eigenvalue weighted by molar-refractivity contribution is 7.99. The van der Waals surface area contributed by atoms with Crippen LogP contribution < -0.4 is 10.6 Å². The van der Waals surface area contributed by atoms with Gasteiger partial charge in [0.25, 0.3) is 0 Å². The average molecular weight is 244 g/mol. The number of carbonyl (C=O) groups is 1. The molecule has 1 rings (SSSR count). The highest BCUT2D eigenvalue weighted by atomic mass is 32.2. The van der Waals surface area contributed by atoms with Gasteiger partial charge in [0.05, 0.1) is 5.41 Å². The SMILES string of the molecule is CSC(C)CNC(=O)C1(C(C)C)CCNC1. The second-order valence-electron chi connectivity index (χ2n) is 4.99. The fourth-order valence-electron chi connectivity index (χ4n) is 2.16. The van der Waals surface area contributed by atoms with Gasteiger partial charge in [-0.2, -0.15) is 11.8 Å². The molecule has 1 aliphatic heterocycles. The summed E-state index contributed by atoms with van der Waals surface area (Å²) >= 11 is 1.79. The quantitative estimate of drug-likeness (QED) is 0.770. The topological polar surface area (TPSA) is 41.1 Å². The predicted octanol–water partition coefficient (Wildman–Crippen LogP) is 1.49. The lowest BCUT2D eigenvalue weighted by Gasteiger charge is -2.31. The van der Waals surface area contributed by atoms with Crippen LogP contribution in [0.5, 0.6) is 0 Å². The van der Waals surface area contributed by atoms with E-state index in [9.17, 15) is 4.79 Å². The van der Waals surface area contributed by atoms with Crippen molar-refractivity contribution in [1.29, 1.82) is 0 Å². The molecular weight excluding hydrogens is 220 g/mol. The summed E-state index contributed by atoms with van der Waals surface area (Å²) in [4.78, 5) is 12.3. The summed E-state index contributed by atoms with van der Waals surface area (Å²) < 4.78 is 0. The van der Waals surface area contributed by atoms with Crippen LogP contribution in [0.4, 0.5) is 0 Å². The van der Waals surface area contributed by atoms with E-state index < -0.39 is 0 Å². The van der Waals surface area contributed by atoms with Crippen molar-refractivity contribution in [3.63, 3.8) is 0 Å². The van der Waals surface area contributed by atoms with Crippen LogP contribution in [0.25, 0.3) is 0 Å². The molecule has 1 fully saturated rings. The van der Waals surface area contributed by atoms with Crippen LogP contribution in [0.2, 0.25) is 0 Å². The highest BCUT2D eigenvalue weighted by Crippen LogP contribution is 2.34. The maximum Gasteiger partial charge on any atom is 0.227 e. The summed E-state index contributed by atoms with van der Waals surface area (Å²) in [5.74, 6) is 0.625. The molecule has 2 unspecified atom stereocenters. The van der Waals surface area contributed by atoms with Crippen molar-refractivity contribution in [1.82, 2.24) is 10.6 Å². The molecule has 0 spiro atoms. The smallest absolute Gasteiger partial charge is 0.227 e. The highest BCUT2D eigenvalue weighted by Gasteiger charge is 2.43. The van der Waals surface area contributed by atoms with E-state index >= 15 is 0 Å². The minimum absolute atomic E-state index is 0.182. The molecule has 0 aromatic heterocycles. The summed E-state index contributed by atoms with van der Waals surface area (Å²) in [5, 5.41) is 6.90. The van der Waals surface area contributed by atoms with E-state index in [1.807, 2.05) is 0 Å². The number of thioether (sulfide) groups is 1. The summed E-state index contributed by atoms with van der Waals surface area (Å²) in [6.07, 6.45) is 3.04. The normalized spacial score (nSPS) is 27.1. The van der Waals surface area contributed by atoms with Crippen molar-refractivity contribution in [2.45, 2.75) is 32.4 Å². The summed E-state index contributed by atoms with van der Waals surface area (Å²) in [7, 11) is 0. The molecule has 1 aliphatic rings. The Hall–Kier alpha value is -0.220. The molecular formula is C12H24N2OS. The van der Waals surface area contributed by atoms with Gasteiger partial charge in [0, 0.05) is 18.3 Å². The van der Waals surface area contributed by atoms with Crippen molar-refractivity contribution in [3.05, 3.63) is 0 Å². The third-order valence-electron chi connectivity index (χ3n) is 3.70. The minimum atomic E-state index is -0.182. The molecule has 2 N–H and O–H groups in total. The van der Waals surface area contributed by atoms with Gasteiger partial charge in [0.15, 0.2) is 0 Å². The van der Waals surface area contributed by atoms with Crippen LogP contribution in [0.1, 0.15) is 27.2 Å². The number of hydrogen-bond acceptors (Lipinski definition) is 3. The first-order chi connectivity index (χ1) is 7.53. The average Bonchev–Trinajstić information content (AvgIpc) is 2.75. The fraction of sp³-hybridized carbons (Fsp3) is 0.917. The Morgan fingerprint density at radius 2 is 2.19 bits per heavy atom. The van der Waals surface area contributed by atoms with Gasteiger partial charge >= 0.3 is 0 Å². The van der Waals surface area contributed by atoms with Crippen LogP contribution in [-0.2, 0) is 4.79 Å². The summed E-state index contributed by atoms with van der Waals surface area (Å²) in [6.45, 7) is 8.98. The third-order valence-corrected chi connectivity index (χ3v) is 4.67. The lowest BCUT2D eigenvalue weighted by molar-refractivity contribution is -0.132. The van der Waals surface area contributed by atoms with E-state index in [1.54, 1.807) is 11.8 Å². The Labute approximate surface area is 103 Å². The molecule has 0 bridgehead atoms. The molecule has 1 saturated heterocycles. The lowest BCUT2D eigenvalue weighted by atomic mass is 9.75. The molecule has 16 heavy (non-hydrogen) atoms. The molecule has 0 saturated carbocycles. The van der Waals surface area contributed by atoms with Gasteiger partial charge < -0.3 is 10.6 Å². The number of amides is 1. The van der Waals surface area contributed by atoms with Crippen LogP contribution in [0.3, 0.4) is 0 Å². The lowest BCUT2D eigenvalue weighted by Crippen LogP contribution is -2.47. The monoisotopic (exact) mass is 244 g/mol. The molecule has 0 aromatic rings. The van der Waals surface area contributed by atoms with Crippen molar-refractivity contribution in [2.75, 3.05) is 25.9 Å². The van der Waals surface area contributed by atoms with Crippen molar-refractivity contribution in [2.24, 2.45) is 11.3 Å². The summed E-state index contributed by atoms with van der Waals surface area (Å²) in [6, 6.07) is 0. The molecule has 0 radical (unpaired) electrons. The van der Waals surface area contributed by atoms with Crippen LogP contribution in [0.15, 0.2) is 0 Å². The third kappa shape index (κ3) is 2.92.